The summed E-state index contributed by atoms with van der Waals surface area (Å²) in [5, 5.41) is 0.894. The molecule has 1 saturated carbocycles. The summed E-state index contributed by atoms with van der Waals surface area (Å²) in [6, 6.07) is 16.0. The van der Waals surface area contributed by atoms with Crippen LogP contribution < -0.4 is 4.74 Å². The molecule has 0 N–H and O–H groups in total. The summed E-state index contributed by atoms with van der Waals surface area (Å²) in [5.41, 5.74) is 3.54. The van der Waals surface area contributed by atoms with E-state index in [4.69, 9.17) is 4.74 Å². The normalized spacial score (nSPS) is 19.6. The Balaban J connectivity index is 1.52. The molecule has 1 fully saturated rings. The summed E-state index contributed by atoms with van der Waals surface area (Å²) in [6.07, 6.45) is 11.0. The first-order chi connectivity index (χ1) is 16.0. The fourth-order valence-corrected chi connectivity index (χ4v) is 5.01. The number of halogens is 2. The van der Waals surface area contributed by atoms with Crippen LogP contribution in [0.25, 0.3) is 10.8 Å². The Morgan fingerprint density at radius 1 is 0.970 bits per heavy atom. The van der Waals surface area contributed by atoms with Crippen molar-refractivity contribution in [3.63, 3.8) is 0 Å². The van der Waals surface area contributed by atoms with Crippen molar-refractivity contribution in [2.75, 3.05) is 6.61 Å². The fraction of sp³-hybridized carbons (Fsp3) is 0.333. The zero-order valence-electron chi connectivity index (χ0n) is 19.5. The van der Waals surface area contributed by atoms with Gasteiger partial charge < -0.3 is 4.74 Å². The molecule has 0 spiro atoms. The molecule has 33 heavy (non-hydrogen) atoms. The number of benzene rings is 3. The lowest BCUT2D eigenvalue weighted by atomic mass is 9.78. The molecule has 1 nitrogen and oxygen atoms in total. The van der Waals surface area contributed by atoms with Crippen LogP contribution in [0, 0.1) is 17.6 Å². The van der Waals surface area contributed by atoms with Crippen molar-refractivity contribution in [1.29, 1.82) is 0 Å². The molecule has 0 aromatic heterocycles. The van der Waals surface area contributed by atoms with E-state index in [1.807, 2.05) is 12.1 Å². The number of rotatable bonds is 7. The number of hydrogen-bond acceptors (Lipinski definition) is 1. The third-order valence-electron chi connectivity index (χ3n) is 7.01. The van der Waals surface area contributed by atoms with Gasteiger partial charge in [-0.1, -0.05) is 68.1 Å². The summed E-state index contributed by atoms with van der Waals surface area (Å²) in [6.45, 7) is 7.88. The Labute approximate surface area is 195 Å². The minimum absolute atomic E-state index is 0.0769. The molecule has 3 heteroatoms. The smallest absolute Gasteiger partial charge is 0.201 e. The summed E-state index contributed by atoms with van der Waals surface area (Å²) in [7, 11) is 0. The van der Waals surface area contributed by atoms with Crippen molar-refractivity contribution < 1.29 is 13.5 Å². The third-order valence-corrected chi connectivity index (χ3v) is 7.01. The van der Waals surface area contributed by atoms with E-state index in [9.17, 15) is 8.78 Å². The molecule has 0 radical (unpaired) electrons. The standard InChI is InChI=1S/C30H32F2O/c1-4-6-21-7-9-23(10-8-21)24-13-11-22(12-14-24)20(3)25-15-16-26-19-28(33-17-5-2)30(32)29(31)27(26)18-25/h4-6,11-16,18-21,23H,2,7-10,17H2,1,3H3/b6-4+. The average molecular weight is 447 g/mol. The molecule has 0 saturated heterocycles. The number of ether oxygens (including phenoxy) is 1. The summed E-state index contributed by atoms with van der Waals surface area (Å²) in [5.74, 6) is -0.476. The average Bonchev–Trinajstić information content (AvgIpc) is 2.85. The van der Waals surface area contributed by atoms with E-state index in [-0.39, 0.29) is 23.7 Å². The van der Waals surface area contributed by atoms with Crippen molar-refractivity contribution in [1.82, 2.24) is 0 Å². The van der Waals surface area contributed by atoms with Crippen molar-refractivity contribution in [3.8, 4) is 5.75 Å². The first-order valence-electron chi connectivity index (χ1n) is 11.9. The van der Waals surface area contributed by atoms with Crippen LogP contribution in [0.15, 0.2) is 73.3 Å². The Morgan fingerprint density at radius 3 is 2.33 bits per heavy atom. The van der Waals surface area contributed by atoms with Gasteiger partial charge in [0, 0.05) is 11.3 Å². The Kier molecular flexibility index (Phi) is 7.27. The highest BCUT2D eigenvalue weighted by molar-refractivity contribution is 5.85. The second kappa shape index (κ2) is 10.3. The molecule has 1 unspecified atom stereocenters. The largest absolute Gasteiger partial charge is 0.486 e. The summed E-state index contributed by atoms with van der Waals surface area (Å²) >= 11 is 0. The Morgan fingerprint density at radius 2 is 1.67 bits per heavy atom. The molecule has 3 aromatic rings. The lowest BCUT2D eigenvalue weighted by molar-refractivity contribution is 0.334. The molecule has 0 bridgehead atoms. The van der Waals surface area contributed by atoms with Gasteiger partial charge in [0.25, 0.3) is 0 Å². The van der Waals surface area contributed by atoms with E-state index in [1.165, 1.54) is 42.9 Å². The lowest BCUT2D eigenvalue weighted by Crippen LogP contribution is -2.11. The summed E-state index contributed by atoms with van der Waals surface area (Å²) in [4.78, 5) is 0. The maximum Gasteiger partial charge on any atom is 0.201 e. The van der Waals surface area contributed by atoms with Crippen LogP contribution in [-0.2, 0) is 0 Å². The minimum atomic E-state index is -0.956. The SMILES string of the molecule is C=CCOc1cc2ccc(C(C)c3ccc(C4CCC(/C=C/C)CC4)cc3)cc2c(F)c1F. The van der Waals surface area contributed by atoms with Crippen molar-refractivity contribution in [2.24, 2.45) is 5.92 Å². The second-order valence-electron chi connectivity index (χ2n) is 9.11. The van der Waals surface area contributed by atoms with Crippen molar-refractivity contribution >= 4 is 10.8 Å². The van der Waals surface area contributed by atoms with Gasteiger partial charge in [0.15, 0.2) is 11.6 Å². The molecule has 0 amide bonds. The van der Waals surface area contributed by atoms with Crippen LogP contribution in [0.2, 0.25) is 0 Å². The quantitative estimate of drug-likeness (QED) is 0.330. The number of hydrogen-bond donors (Lipinski definition) is 0. The van der Waals surface area contributed by atoms with Gasteiger partial charge in [-0.25, -0.2) is 4.39 Å². The van der Waals surface area contributed by atoms with Gasteiger partial charge in [-0.15, -0.1) is 0 Å². The van der Waals surface area contributed by atoms with Crippen LogP contribution >= 0.6 is 0 Å². The van der Waals surface area contributed by atoms with Crippen LogP contribution in [-0.4, -0.2) is 6.61 Å². The van der Waals surface area contributed by atoms with E-state index in [2.05, 4.69) is 56.8 Å². The van der Waals surface area contributed by atoms with E-state index in [1.54, 1.807) is 12.1 Å². The maximum absolute atomic E-state index is 14.8. The molecule has 172 valence electrons. The van der Waals surface area contributed by atoms with E-state index in [0.29, 0.717) is 11.3 Å². The highest BCUT2D eigenvalue weighted by Crippen LogP contribution is 2.37. The van der Waals surface area contributed by atoms with Crippen LogP contribution in [0.5, 0.6) is 5.75 Å². The molecule has 0 aliphatic heterocycles. The molecule has 4 rings (SSSR count). The van der Waals surface area contributed by atoms with Crippen LogP contribution in [0.1, 0.15) is 68.1 Å². The predicted octanol–water partition coefficient (Wildman–Crippen LogP) is 8.68. The molecule has 0 heterocycles. The molecule has 1 atom stereocenters. The lowest BCUT2D eigenvalue weighted by Gasteiger charge is -2.27. The minimum Gasteiger partial charge on any atom is -0.486 e. The predicted molar refractivity (Wildman–Crippen MR) is 133 cm³/mol. The van der Waals surface area contributed by atoms with Crippen molar-refractivity contribution in [2.45, 2.75) is 51.4 Å². The molecule has 1 aliphatic rings. The zero-order valence-corrected chi connectivity index (χ0v) is 19.5. The maximum atomic E-state index is 14.8. The Bertz CT molecular complexity index is 1140. The van der Waals surface area contributed by atoms with Gasteiger partial charge in [-0.05, 0) is 78.7 Å². The van der Waals surface area contributed by atoms with Gasteiger partial charge in [0.05, 0.1) is 0 Å². The molecule has 1 aliphatic carbocycles. The van der Waals surface area contributed by atoms with Gasteiger partial charge in [0.1, 0.15) is 6.61 Å². The zero-order chi connectivity index (χ0) is 23.4. The van der Waals surface area contributed by atoms with E-state index in [0.717, 1.165) is 11.5 Å². The topological polar surface area (TPSA) is 9.23 Å². The first kappa shape index (κ1) is 23.2. The number of fused-ring (bicyclic) bond motifs is 1. The van der Waals surface area contributed by atoms with E-state index >= 15 is 0 Å². The van der Waals surface area contributed by atoms with Crippen molar-refractivity contribution in [3.05, 3.63) is 102 Å². The van der Waals surface area contributed by atoms with Crippen LogP contribution in [0.4, 0.5) is 8.78 Å². The van der Waals surface area contributed by atoms with Gasteiger partial charge in [-0.2, -0.15) is 4.39 Å². The van der Waals surface area contributed by atoms with Gasteiger partial charge >= 0.3 is 0 Å². The van der Waals surface area contributed by atoms with Gasteiger partial charge in [-0.3, -0.25) is 0 Å². The monoisotopic (exact) mass is 446 g/mol. The van der Waals surface area contributed by atoms with E-state index < -0.39 is 11.6 Å². The summed E-state index contributed by atoms with van der Waals surface area (Å²) < 4.78 is 34.5. The third kappa shape index (κ3) is 5.03. The second-order valence-corrected chi connectivity index (χ2v) is 9.11. The Hall–Kier alpha value is -2.94. The molecular formula is C30H32F2O. The van der Waals surface area contributed by atoms with Gasteiger partial charge in [0.2, 0.25) is 5.82 Å². The highest BCUT2D eigenvalue weighted by atomic mass is 19.2. The first-order valence-corrected chi connectivity index (χ1v) is 11.9. The molecular weight excluding hydrogens is 414 g/mol. The fourth-order valence-electron chi connectivity index (χ4n) is 5.01. The molecule has 3 aromatic carbocycles. The van der Waals surface area contributed by atoms with Crippen LogP contribution in [0.3, 0.4) is 0 Å². The number of allylic oxidation sites excluding steroid dienone is 2. The highest BCUT2D eigenvalue weighted by Gasteiger charge is 2.21.